The van der Waals surface area contributed by atoms with Gasteiger partial charge in [0.15, 0.2) is 17.5 Å². The standard InChI is InChI=1S/C43H26N4/c1-2-11-27(12-3-1)41-44-42(28-21-23-29(24-22-28)47-38-19-8-6-15-32(38)33-16-7-9-20-39(33)47)46-43(45-41)37-26-25-36-31-14-5-4-13-30(31)34-17-10-18-35(37)40(34)36/h1-26H. The molecule has 1 aliphatic carbocycles. The molecule has 0 N–H and O–H groups in total. The van der Waals surface area contributed by atoms with E-state index in [1.54, 1.807) is 0 Å². The van der Waals surface area contributed by atoms with Crippen LogP contribution in [0.4, 0.5) is 0 Å². The highest BCUT2D eigenvalue weighted by molar-refractivity contribution is 6.18. The third-order valence-corrected chi connectivity index (χ3v) is 9.42. The number of benzene rings is 7. The summed E-state index contributed by atoms with van der Waals surface area (Å²) < 4.78 is 2.33. The van der Waals surface area contributed by atoms with Gasteiger partial charge in [0, 0.05) is 33.2 Å². The molecule has 2 heterocycles. The Labute approximate surface area is 271 Å². The summed E-state index contributed by atoms with van der Waals surface area (Å²) in [4.78, 5) is 15.2. The highest BCUT2D eigenvalue weighted by Gasteiger charge is 2.23. The largest absolute Gasteiger partial charge is 0.309 e. The van der Waals surface area contributed by atoms with E-state index in [9.17, 15) is 0 Å². The van der Waals surface area contributed by atoms with Crippen LogP contribution in [0.25, 0.3) is 94.7 Å². The van der Waals surface area contributed by atoms with Crippen LogP contribution < -0.4 is 0 Å². The fraction of sp³-hybridized carbons (Fsp3) is 0. The van der Waals surface area contributed by atoms with Crippen molar-refractivity contribution >= 4 is 32.6 Å². The summed E-state index contributed by atoms with van der Waals surface area (Å²) in [5.41, 5.74) is 11.4. The summed E-state index contributed by atoms with van der Waals surface area (Å²) in [6.45, 7) is 0. The molecule has 0 fully saturated rings. The summed E-state index contributed by atoms with van der Waals surface area (Å²) in [5.74, 6) is 1.97. The van der Waals surface area contributed by atoms with Gasteiger partial charge in [-0.3, -0.25) is 0 Å². The molecule has 1 aliphatic rings. The highest BCUT2D eigenvalue weighted by Crippen LogP contribution is 2.49. The van der Waals surface area contributed by atoms with Gasteiger partial charge < -0.3 is 4.57 Å². The second-order valence-electron chi connectivity index (χ2n) is 12.0. The van der Waals surface area contributed by atoms with E-state index in [1.807, 2.05) is 18.2 Å². The monoisotopic (exact) mass is 598 g/mol. The third-order valence-electron chi connectivity index (χ3n) is 9.42. The van der Waals surface area contributed by atoms with Crippen LogP contribution in [0.15, 0.2) is 158 Å². The number of nitrogens with zero attached hydrogens (tertiary/aromatic N) is 4. The Hall–Kier alpha value is -6.39. The first kappa shape index (κ1) is 25.9. The Morgan fingerprint density at radius 2 is 0.809 bits per heavy atom. The van der Waals surface area contributed by atoms with Gasteiger partial charge in [-0.1, -0.05) is 115 Å². The molecule has 9 aromatic rings. The Morgan fingerprint density at radius 3 is 1.49 bits per heavy atom. The minimum Gasteiger partial charge on any atom is -0.309 e. The molecule has 0 saturated carbocycles. The summed E-state index contributed by atoms with van der Waals surface area (Å²) in [7, 11) is 0. The van der Waals surface area contributed by atoms with Crippen LogP contribution in [0.2, 0.25) is 0 Å². The first-order valence-electron chi connectivity index (χ1n) is 15.9. The second-order valence-corrected chi connectivity index (χ2v) is 12.0. The maximum Gasteiger partial charge on any atom is 0.164 e. The highest BCUT2D eigenvalue weighted by atomic mass is 15.0. The summed E-state index contributed by atoms with van der Waals surface area (Å²) in [5, 5.41) is 4.89. The molecule has 0 unspecified atom stereocenters. The lowest BCUT2D eigenvalue weighted by Gasteiger charge is -2.12. The van der Waals surface area contributed by atoms with E-state index < -0.39 is 0 Å². The topological polar surface area (TPSA) is 43.6 Å². The normalized spacial score (nSPS) is 11.8. The van der Waals surface area contributed by atoms with Gasteiger partial charge in [-0.25, -0.2) is 15.0 Å². The van der Waals surface area contributed by atoms with E-state index in [0.29, 0.717) is 17.5 Å². The van der Waals surface area contributed by atoms with Gasteiger partial charge in [0.25, 0.3) is 0 Å². The van der Waals surface area contributed by atoms with Crippen LogP contribution in [0.5, 0.6) is 0 Å². The zero-order chi connectivity index (χ0) is 30.9. The smallest absolute Gasteiger partial charge is 0.164 e. The quantitative estimate of drug-likeness (QED) is 0.202. The number of para-hydroxylation sites is 2. The van der Waals surface area contributed by atoms with Crippen molar-refractivity contribution in [3.8, 4) is 62.1 Å². The number of rotatable bonds is 4. The molecule has 0 amide bonds. The maximum atomic E-state index is 5.14. The molecule has 0 aliphatic heterocycles. The van der Waals surface area contributed by atoms with Crippen molar-refractivity contribution in [2.45, 2.75) is 0 Å². The van der Waals surface area contributed by atoms with Gasteiger partial charge >= 0.3 is 0 Å². The van der Waals surface area contributed by atoms with E-state index in [-0.39, 0.29) is 0 Å². The van der Waals surface area contributed by atoms with Crippen molar-refractivity contribution < 1.29 is 0 Å². The Balaban J connectivity index is 1.15. The minimum atomic E-state index is 0.647. The molecule has 0 atom stereocenters. The first-order valence-corrected chi connectivity index (χ1v) is 15.9. The summed E-state index contributed by atoms with van der Waals surface area (Å²) >= 11 is 0. The van der Waals surface area contributed by atoms with Gasteiger partial charge in [-0.15, -0.1) is 0 Å². The Bertz CT molecular complexity index is 2590. The van der Waals surface area contributed by atoms with Crippen molar-refractivity contribution in [3.05, 3.63) is 158 Å². The average molecular weight is 599 g/mol. The lowest BCUT2D eigenvalue weighted by Crippen LogP contribution is -2.01. The predicted molar refractivity (Wildman–Crippen MR) is 192 cm³/mol. The lowest BCUT2D eigenvalue weighted by atomic mass is 9.98. The molecule has 0 radical (unpaired) electrons. The maximum absolute atomic E-state index is 5.14. The van der Waals surface area contributed by atoms with Crippen LogP contribution in [-0.4, -0.2) is 19.5 Å². The molecule has 4 nitrogen and oxygen atoms in total. The molecule has 10 rings (SSSR count). The zero-order valence-electron chi connectivity index (χ0n) is 25.3. The summed E-state index contributed by atoms with van der Waals surface area (Å²) in [6.07, 6.45) is 0. The minimum absolute atomic E-state index is 0.647. The molecule has 0 spiro atoms. The van der Waals surface area contributed by atoms with Crippen molar-refractivity contribution in [2.24, 2.45) is 0 Å². The zero-order valence-corrected chi connectivity index (χ0v) is 25.3. The van der Waals surface area contributed by atoms with Crippen LogP contribution in [-0.2, 0) is 0 Å². The molecular formula is C43H26N4. The van der Waals surface area contributed by atoms with E-state index in [0.717, 1.165) is 27.8 Å². The van der Waals surface area contributed by atoms with Gasteiger partial charge in [0.05, 0.1) is 11.0 Å². The summed E-state index contributed by atoms with van der Waals surface area (Å²) in [6, 6.07) is 55.5. The van der Waals surface area contributed by atoms with Gasteiger partial charge in [-0.2, -0.15) is 0 Å². The molecule has 218 valence electrons. The number of fused-ring (bicyclic) bond motifs is 6. The second kappa shape index (κ2) is 10.1. The fourth-order valence-corrected chi connectivity index (χ4v) is 7.31. The molecule has 7 aromatic carbocycles. The molecule has 0 saturated heterocycles. The van der Waals surface area contributed by atoms with E-state index in [4.69, 9.17) is 15.0 Å². The fourth-order valence-electron chi connectivity index (χ4n) is 7.31. The van der Waals surface area contributed by atoms with Crippen LogP contribution in [0.1, 0.15) is 0 Å². The van der Waals surface area contributed by atoms with E-state index >= 15 is 0 Å². The van der Waals surface area contributed by atoms with Crippen LogP contribution in [0, 0.1) is 0 Å². The van der Waals surface area contributed by atoms with Gasteiger partial charge in [-0.05, 0) is 75.5 Å². The third kappa shape index (κ3) is 3.92. The van der Waals surface area contributed by atoms with Gasteiger partial charge in [0.1, 0.15) is 0 Å². The van der Waals surface area contributed by atoms with Crippen molar-refractivity contribution in [1.82, 2.24) is 19.5 Å². The van der Waals surface area contributed by atoms with E-state index in [2.05, 4.69) is 144 Å². The first-order chi connectivity index (χ1) is 23.3. The predicted octanol–water partition coefficient (Wildman–Crippen LogP) is 10.8. The van der Waals surface area contributed by atoms with Gasteiger partial charge in [0.2, 0.25) is 0 Å². The van der Waals surface area contributed by atoms with Crippen LogP contribution >= 0.6 is 0 Å². The van der Waals surface area contributed by atoms with Crippen molar-refractivity contribution in [2.75, 3.05) is 0 Å². The molecule has 2 aromatic heterocycles. The number of hydrogen-bond donors (Lipinski definition) is 0. The van der Waals surface area contributed by atoms with Crippen molar-refractivity contribution in [1.29, 1.82) is 0 Å². The molecule has 47 heavy (non-hydrogen) atoms. The molecule has 4 heteroatoms. The Kier molecular flexibility index (Phi) is 5.54. The lowest BCUT2D eigenvalue weighted by molar-refractivity contribution is 1.07. The van der Waals surface area contributed by atoms with Crippen LogP contribution in [0.3, 0.4) is 0 Å². The SMILES string of the molecule is c1ccc(-c2nc(-c3ccc(-n4c5ccccc5c5ccccc54)cc3)nc(-c3ccc4c5c(cccc35)-c3ccccc3-4)n2)cc1. The molecule has 0 bridgehead atoms. The Morgan fingerprint density at radius 1 is 0.319 bits per heavy atom. The van der Waals surface area contributed by atoms with Crippen molar-refractivity contribution in [3.63, 3.8) is 0 Å². The average Bonchev–Trinajstić information content (AvgIpc) is 3.66. The number of aromatic nitrogens is 4. The van der Waals surface area contributed by atoms with E-state index in [1.165, 1.54) is 49.4 Å². The molecular weight excluding hydrogens is 573 g/mol. The number of hydrogen-bond acceptors (Lipinski definition) is 3.